The third-order valence-corrected chi connectivity index (χ3v) is 14.8. The van der Waals surface area contributed by atoms with Crippen LogP contribution >= 0.6 is 0 Å². The third-order valence-electron chi connectivity index (χ3n) is 14.8. The maximum absolute atomic E-state index is 6.39. The van der Waals surface area contributed by atoms with Crippen molar-refractivity contribution in [2.45, 2.75) is 78.0 Å². The molecule has 0 aromatic carbocycles. The number of rotatable bonds is 4. The van der Waals surface area contributed by atoms with E-state index in [1.165, 1.54) is 66.1 Å². The highest BCUT2D eigenvalue weighted by molar-refractivity contribution is 6.11. The zero-order valence-corrected chi connectivity index (χ0v) is 19.5. The molecule has 0 N–H and O–H groups in total. The lowest BCUT2D eigenvalue weighted by molar-refractivity contribution is -0.376. The van der Waals surface area contributed by atoms with E-state index >= 15 is 0 Å². The van der Waals surface area contributed by atoms with E-state index in [4.69, 9.17) is 7.85 Å². The summed E-state index contributed by atoms with van der Waals surface area (Å²) < 4.78 is 0. The molecule has 2 radical (unpaired) electrons. The molecule has 0 aromatic heterocycles. The maximum Gasteiger partial charge on any atom is 0.0695 e. The molecule has 0 saturated heterocycles. The second-order valence-corrected chi connectivity index (χ2v) is 14.8. The second kappa shape index (κ2) is 4.94. The minimum Gasteiger partial charge on any atom is -0.0799 e. The predicted molar refractivity (Wildman–Crippen MR) is 121 cm³/mol. The van der Waals surface area contributed by atoms with Crippen LogP contribution in [0.1, 0.15) is 72.1 Å². The zero-order valence-electron chi connectivity index (χ0n) is 19.5. The molecular formula is C29H41B. The lowest BCUT2D eigenvalue weighted by atomic mass is 9.20. The lowest BCUT2D eigenvalue weighted by Crippen LogP contribution is -2.81. The monoisotopic (exact) mass is 400 g/mol. The minimum absolute atomic E-state index is 0.429. The molecule has 0 nitrogen and oxygen atoms in total. The normalized spacial score (nSPS) is 74.6. The van der Waals surface area contributed by atoms with Crippen LogP contribution in [0, 0.1) is 99.6 Å². The summed E-state index contributed by atoms with van der Waals surface area (Å²) in [6, 6.07) is 0. The molecule has 18 atom stereocenters. The van der Waals surface area contributed by atoms with Crippen LogP contribution in [0.2, 0.25) is 5.82 Å². The van der Waals surface area contributed by atoms with Crippen LogP contribution in [0.15, 0.2) is 0 Å². The van der Waals surface area contributed by atoms with Crippen LogP contribution in [0.25, 0.3) is 0 Å². The molecule has 0 bridgehead atoms. The molecule has 0 heterocycles. The topological polar surface area (TPSA) is 0 Å². The van der Waals surface area contributed by atoms with Gasteiger partial charge >= 0.3 is 0 Å². The van der Waals surface area contributed by atoms with Gasteiger partial charge in [-0.15, -0.1) is 0 Å². The minimum atomic E-state index is 0.429. The molecule has 2 spiro atoms. The Morgan fingerprint density at radius 3 is 2.47 bits per heavy atom. The molecule has 9 fully saturated rings. The van der Waals surface area contributed by atoms with Crippen molar-refractivity contribution in [3.05, 3.63) is 0 Å². The van der Waals surface area contributed by atoms with Crippen molar-refractivity contribution in [3.63, 3.8) is 0 Å². The fourth-order valence-electron chi connectivity index (χ4n) is 14.4. The van der Waals surface area contributed by atoms with Gasteiger partial charge in [-0.05, 0) is 125 Å². The quantitative estimate of drug-likeness (QED) is 0.475. The zero-order chi connectivity index (χ0) is 19.9. The molecular weight excluding hydrogens is 359 g/mol. The first kappa shape index (κ1) is 17.5. The molecule has 0 amide bonds. The molecule has 9 saturated carbocycles. The van der Waals surface area contributed by atoms with Gasteiger partial charge in [-0.3, -0.25) is 0 Å². The summed E-state index contributed by atoms with van der Waals surface area (Å²) in [5.74, 6) is 17.9. The highest BCUT2D eigenvalue weighted by Gasteiger charge is 2.91. The maximum atomic E-state index is 6.39. The molecule has 16 unspecified atom stereocenters. The van der Waals surface area contributed by atoms with Gasteiger partial charge in [0.15, 0.2) is 0 Å². The Morgan fingerprint density at radius 2 is 1.70 bits per heavy atom. The van der Waals surface area contributed by atoms with Crippen molar-refractivity contribution >= 4 is 7.85 Å². The highest BCUT2D eigenvalue weighted by atomic mass is 15.0. The molecule has 0 aromatic rings. The lowest BCUT2D eigenvalue weighted by Gasteiger charge is -2.84. The molecule has 9 aliphatic rings. The van der Waals surface area contributed by atoms with Crippen molar-refractivity contribution in [1.82, 2.24) is 0 Å². The number of fused-ring (bicyclic) bond motifs is 9. The summed E-state index contributed by atoms with van der Waals surface area (Å²) in [7, 11) is 6.39. The van der Waals surface area contributed by atoms with Crippen molar-refractivity contribution in [2.75, 3.05) is 0 Å². The van der Waals surface area contributed by atoms with Gasteiger partial charge in [0, 0.05) is 0 Å². The van der Waals surface area contributed by atoms with Crippen molar-refractivity contribution in [3.8, 4) is 0 Å². The van der Waals surface area contributed by atoms with Gasteiger partial charge in [-0.2, -0.15) is 0 Å². The van der Waals surface area contributed by atoms with Gasteiger partial charge in [-0.1, -0.05) is 52.3 Å². The van der Waals surface area contributed by atoms with Crippen molar-refractivity contribution < 1.29 is 0 Å². The summed E-state index contributed by atoms with van der Waals surface area (Å²) in [5, 5.41) is 0. The Hall–Kier alpha value is 0.0649. The van der Waals surface area contributed by atoms with Gasteiger partial charge in [0.25, 0.3) is 0 Å². The van der Waals surface area contributed by atoms with E-state index < -0.39 is 0 Å². The van der Waals surface area contributed by atoms with E-state index in [0.29, 0.717) is 5.82 Å². The van der Waals surface area contributed by atoms with Crippen LogP contribution in [0.5, 0.6) is 0 Å². The second-order valence-electron chi connectivity index (χ2n) is 14.8. The van der Waals surface area contributed by atoms with Crippen molar-refractivity contribution in [2.24, 2.45) is 99.6 Å². The van der Waals surface area contributed by atoms with Gasteiger partial charge in [0.2, 0.25) is 0 Å². The SMILES string of the molecule is [B]C(C)C[C@@H]1C([C@H]2CC3C4C(C32)C2C4C3CCCC(CC)C4CC432)C2C3C(C)CC321. The number of hydrogen-bond acceptors (Lipinski definition) is 0. The van der Waals surface area contributed by atoms with Crippen LogP contribution in [0.4, 0.5) is 0 Å². The third kappa shape index (κ3) is 1.47. The first-order chi connectivity index (χ1) is 14.6. The molecule has 0 aliphatic heterocycles. The Kier molecular flexibility index (Phi) is 2.89. The molecule has 9 aliphatic carbocycles. The Bertz CT molecular complexity index is 832. The summed E-state index contributed by atoms with van der Waals surface area (Å²) in [4.78, 5) is 0. The van der Waals surface area contributed by atoms with Gasteiger partial charge in [0.1, 0.15) is 0 Å². The smallest absolute Gasteiger partial charge is 0.0695 e. The fourth-order valence-corrected chi connectivity index (χ4v) is 14.4. The fraction of sp³-hybridized carbons (Fsp3) is 1.00. The first-order valence-electron chi connectivity index (χ1n) is 14.3. The van der Waals surface area contributed by atoms with Gasteiger partial charge in [-0.25, -0.2) is 0 Å². The van der Waals surface area contributed by atoms with Crippen LogP contribution in [-0.4, -0.2) is 7.85 Å². The molecule has 9 rings (SSSR count). The molecule has 30 heavy (non-hydrogen) atoms. The van der Waals surface area contributed by atoms with Crippen LogP contribution in [-0.2, 0) is 0 Å². The number of hydrogen-bond donors (Lipinski definition) is 0. The average molecular weight is 400 g/mol. The van der Waals surface area contributed by atoms with E-state index in [0.717, 1.165) is 46.3 Å². The van der Waals surface area contributed by atoms with E-state index in [9.17, 15) is 0 Å². The predicted octanol–water partition coefficient (Wildman–Crippen LogP) is 6.46. The first-order valence-corrected chi connectivity index (χ1v) is 14.3. The Balaban J connectivity index is 0.980. The van der Waals surface area contributed by atoms with E-state index in [1.54, 1.807) is 38.5 Å². The van der Waals surface area contributed by atoms with E-state index in [-0.39, 0.29) is 0 Å². The van der Waals surface area contributed by atoms with E-state index in [2.05, 4.69) is 20.8 Å². The van der Waals surface area contributed by atoms with Gasteiger partial charge < -0.3 is 0 Å². The highest BCUT2D eigenvalue weighted by Crippen LogP contribution is 2.96. The van der Waals surface area contributed by atoms with Gasteiger partial charge in [0.05, 0.1) is 7.85 Å². The standard InChI is InChI=1S/C29H41B/c1-4-14-6-5-7-17-23-22-16-9-15(20(16)24(22)26(23)28(17)11-19(14)28)21-18(8-13(3)30)29-10-12(2)25(29)27(21)29/h12-27H,4-11H2,1-3H3/t12?,13?,14?,15-,16?,17?,18+,19?,20?,21?,22?,23?,24?,25?,26?,27?,28?,29?/m0/s1. The van der Waals surface area contributed by atoms with E-state index in [1.807, 2.05) is 0 Å². The van der Waals surface area contributed by atoms with Crippen LogP contribution in [0.3, 0.4) is 0 Å². The van der Waals surface area contributed by atoms with Crippen LogP contribution < -0.4 is 0 Å². The largest absolute Gasteiger partial charge is 0.0799 e. The summed E-state index contributed by atoms with van der Waals surface area (Å²) in [5.41, 5.74) is 1.75. The summed E-state index contributed by atoms with van der Waals surface area (Å²) in [6.45, 7) is 7.34. The molecule has 1 heteroatoms. The Morgan fingerprint density at radius 1 is 0.867 bits per heavy atom. The summed E-state index contributed by atoms with van der Waals surface area (Å²) in [6.07, 6.45) is 12.5. The molecule has 160 valence electrons. The summed E-state index contributed by atoms with van der Waals surface area (Å²) >= 11 is 0. The average Bonchev–Trinajstić information content (AvgIpc) is 3.53. The Labute approximate surface area is 185 Å². The van der Waals surface area contributed by atoms with Crippen molar-refractivity contribution in [1.29, 1.82) is 0 Å².